The summed E-state index contributed by atoms with van der Waals surface area (Å²) in [5.41, 5.74) is 0.951. The topological polar surface area (TPSA) is 45.8 Å². The molecule has 0 bridgehead atoms. The van der Waals surface area contributed by atoms with Crippen LogP contribution in [0.2, 0.25) is 0 Å². The second-order valence-electron chi connectivity index (χ2n) is 6.66. The monoisotopic (exact) mass is 398 g/mol. The Bertz CT molecular complexity index is 1290. The molecule has 1 heterocycles. The molecule has 0 aliphatic rings. The molecule has 3 aromatic carbocycles. The van der Waals surface area contributed by atoms with Gasteiger partial charge in [0, 0.05) is 11.1 Å². The van der Waals surface area contributed by atoms with Gasteiger partial charge in [-0.3, -0.25) is 4.79 Å². The van der Waals surface area contributed by atoms with Crippen LogP contribution in [0.5, 0.6) is 0 Å². The van der Waals surface area contributed by atoms with E-state index in [2.05, 4.69) is 9.97 Å². The first-order valence-corrected chi connectivity index (χ1v) is 8.71. The number of hydrogen-bond donors (Lipinski definition) is 1. The highest BCUT2D eigenvalue weighted by Crippen LogP contribution is 2.33. The maximum atomic E-state index is 14.4. The molecule has 4 aromatic rings. The summed E-state index contributed by atoms with van der Waals surface area (Å²) in [6.45, 7) is 1.84. The molecule has 1 aromatic heterocycles. The zero-order valence-electron chi connectivity index (χ0n) is 15.1. The van der Waals surface area contributed by atoms with Gasteiger partial charge >= 0.3 is 6.18 Å². The van der Waals surface area contributed by atoms with E-state index in [0.717, 1.165) is 17.7 Å². The van der Waals surface area contributed by atoms with Crippen LogP contribution in [0, 0.1) is 12.7 Å². The summed E-state index contributed by atoms with van der Waals surface area (Å²) in [4.78, 5) is 19.6. The number of alkyl halides is 3. The smallest absolute Gasteiger partial charge is 0.306 e. The Morgan fingerprint density at radius 2 is 1.66 bits per heavy atom. The highest BCUT2D eigenvalue weighted by Gasteiger charge is 2.31. The molecule has 3 nitrogen and oxygen atoms in total. The van der Waals surface area contributed by atoms with E-state index in [1.807, 2.05) is 13.0 Å². The third-order valence-electron chi connectivity index (χ3n) is 4.68. The molecule has 0 saturated carbocycles. The van der Waals surface area contributed by atoms with Crippen molar-refractivity contribution in [1.29, 1.82) is 0 Å². The van der Waals surface area contributed by atoms with E-state index >= 15 is 0 Å². The minimum atomic E-state index is -4.62. The summed E-state index contributed by atoms with van der Waals surface area (Å²) in [6.07, 6.45) is -4.62. The van der Waals surface area contributed by atoms with E-state index < -0.39 is 17.6 Å². The van der Waals surface area contributed by atoms with Gasteiger partial charge in [0.15, 0.2) is 0 Å². The average molecular weight is 398 g/mol. The molecule has 0 fully saturated rings. The van der Waals surface area contributed by atoms with Crippen molar-refractivity contribution in [1.82, 2.24) is 9.97 Å². The Balaban J connectivity index is 1.82. The van der Waals surface area contributed by atoms with Crippen molar-refractivity contribution < 1.29 is 17.6 Å². The summed E-state index contributed by atoms with van der Waals surface area (Å²) < 4.78 is 52.7. The highest BCUT2D eigenvalue weighted by molar-refractivity contribution is 5.82. The van der Waals surface area contributed by atoms with Crippen LogP contribution < -0.4 is 5.56 Å². The molecule has 29 heavy (non-hydrogen) atoms. The summed E-state index contributed by atoms with van der Waals surface area (Å²) in [5.74, 6) is -0.682. The Kier molecular flexibility index (Phi) is 4.45. The molecule has 0 unspecified atom stereocenters. The van der Waals surface area contributed by atoms with Crippen molar-refractivity contribution in [3.8, 4) is 22.5 Å². The van der Waals surface area contributed by atoms with Crippen LogP contribution in [0.3, 0.4) is 0 Å². The van der Waals surface area contributed by atoms with Gasteiger partial charge in [-0.2, -0.15) is 13.2 Å². The summed E-state index contributed by atoms with van der Waals surface area (Å²) in [5, 5.41) is 0.457. The van der Waals surface area contributed by atoms with Gasteiger partial charge in [-0.25, -0.2) is 9.37 Å². The van der Waals surface area contributed by atoms with Crippen LogP contribution in [-0.4, -0.2) is 9.97 Å². The predicted octanol–water partition coefficient (Wildman–Crippen LogP) is 5.72. The molecule has 0 spiro atoms. The third kappa shape index (κ3) is 3.51. The van der Waals surface area contributed by atoms with Crippen LogP contribution in [0.25, 0.3) is 33.4 Å². The minimum Gasteiger partial charge on any atom is -0.306 e. The van der Waals surface area contributed by atoms with Gasteiger partial charge in [0.1, 0.15) is 11.6 Å². The maximum absolute atomic E-state index is 14.4. The van der Waals surface area contributed by atoms with Crippen LogP contribution in [0.15, 0.2) is 65.5 Å². The standard InChI is InChI=1S/C22H14F4N2O/c1-12-4-2-7-17-19(12)27-20(28-21(17)29)14-6-3-5-13(10-14)16-9-8-15(11-18(16)23)22(24,25)26/h2-11H,1H3,(H,27,28,29). The van der Waals surface area contributed by atoms with E-state index in [1.165, 1.54) is 0 Å². The van der Waals surface area contributed by atoms with E-state index in [9.17, 15) is 22.4 Å². The number of fused-ring (bicyclic) bond motifs is 1. The Labute approximate surface area is 162 Å². The van der Waals surface area contributed by atoms with Gasteiger partial charge in [0.05, 0.1) is 16.5 Å². The second kappa shape index (κ2) is 6.84. The number of benzene rings is 3. The molecule has 4 rings (SSSR count). The normalized spacial score (nSPS) is 11.8. The molecule has 0 amide bonds. The molecular formula is C22H14F4N2O. The fourth-order valence-electron chi connectivity index (χ4n) is 3.20. The summed E-state index contributed by atoms with van der Waals surface area (Å²) in [6, 6.07) is 14.2. The maximum Gasteiger partial charge on any atom is 0.416 e. The lowest BCUT2D eigenvalue weighted by Gasteiger charge is -2.11. The van der Waals surface area contributed by atoms with Crippen molar-refractivity contribution in [2.75, 3.05) is 0 Å². The summed E-state index contributed by atoms with van der Waals surface area (Å²) >= 11 is 0. The number of para-hydroxylation sites is 1. The molecule has 7 heteroatoms. The van der Waals surface area contributed by atoms with E-state index in [4.69, 9.17) is 0 Å². The third-order valence-corrected chi connectivity index (χ3v) is 4.68. The van der Waals surface area contributed by atoms with Crippen LogP contribution in [-0.2, 0) is 6.18 Å². The molecule has 0 aliphatic carbocycles. The molecule has 146 valence electrons. The number of hydrogen-bond acceptors (Lipinski definition) is 2. The van der Waals surface area contributed by atoms with Gasteiger partial charge in [0.25, 0.3) is 5.56 Å². The van der Waals surface area contributed by atoms with Crippen molar-refractivity contribution in [2.45, 2.75) is 13.1 Å². The van der Waals surface area contributed by atoms with Crippen molar-refractivity contribution in [3.05, 3.63) is 88.0 Å². The highest BCUT2D eigenvalue weighted by atomic mass is 19.4. The van der Waals surface area contributed by atoms with Crippen LogP contribution >= 0.6 is 0 Å². The van der Waals surface area contributed by atoms with E-state index in [-0.39, 0.29) is 11.1 Å². The number of aromatic amines is 1. The van der Waals surface area contributed by atoms with Gasteiger partial charge in [-0.05, 0) is 42.3 Å². The van der Waals surface area contributed by atoms with E-state index in [1.54, 1.807) is 36.4 Å². The predicted molar refractivity (Wildman–Crippen MR) is 103 cm³/mol. The van der Waals surface area contributed by atoms with Gasteiger partial charge in [0.2, 0.25) is 0 Å². The van der Waals surface area contributed by atoms with Crippen molar-refractivity contribution in [3.63, 3.8) is 0 Å². The van der Waals surface area contributed by atoms with Gasteiger partial charge < -0.3 is 4.98 Å². The lowest BCUT2D eigenvalue weighted by Crippen LogP contribution is -2.10. The molecule has 0 aliphatic heterocycles. The SMILES string of the molecule is Cc1cccc2c(=O)[nH]c(-c3cccc(-c4ccc(C(F)(F)F)cc4F)c3)nc12. The molecular weight excluding hydrogens is 384 g/mol. The van der Waals surface area contributed by atoms with Crippen LogP contribution in [0.1, 0.15) is 11.1 Å². The number of nitrogens with zero attached hydrogens (tertiary/aromatic N) is 1. The van der Waals surface area contributed by atoms with Crippen molar-refractivity contribution in [2.24, 2.45) is 0 Å². The number of nitrogens with one attached hydrogen (secondary N) is 1. The van der Waals surface area contributed by atoms with Crippen molar-refractivity contribution >= 4 is 10.9 Å². The minimum absolute atomic E-state index is 0.0270. The Hall–Kier alpha value is -3.48. The molecule has 0 atom stereocenters. The number of rotatable bonds is 2. The first kappa shape index (κ1) is 18.9. The average Bonchev–Trinajstić information content (AvgIpc) is 2.68. The fourth-order valence-corrected chi connectivity index (χ4v) is 3.20. The fraction of sp³-hybridized carbons (Fsp3) is 0.0909. The first-order valence-electron chi connectivity index (χ1n) is 8.71. The first-order chi connectivity index (χ1) is 13.7. The zero-order chi connectivity index (χ0) is 20.8. The Morgan fingerprint density at radius 1 is 0.931 bits per heavy atom. The molecule has 0 saturated heterocycles. The number of aryl methyl sites for hydroxylation is 1. The van der Waals surface area contributed by atoms with Gasteiger partial charge in [-0.1, -0.05) is 36.4 Å². The van der Waals surface area contributed by atoms with Crippen LogP contribution in [0.4, 0.5) is 17.6 Å². The zero-order valence-corrected chi connectivity index (χ0v) is 15.1. The quantitative estimate of drug-likeness (QED) is 0.439. The lowest BCUT2D eigenvalue weighted by molar-refractivity contribution is -0.137. The summed E-state index contributed by atoms with van der Waals surface area (Å²) in [7, 11) is 0. The van der Waals surface area contributed by atoms with E-state index in [0.29, 0.717) is 33.9 Å². The molecule has 1 N–H and O–H groups in total. The lowest BCUT2D eigenvalue weighted by atomic mass is 10.0. The number of halogens is 4. The Morgan fingerprint density at radius 3 is 2.38 bits per heavy atom. The second-order valence-corrected chi connectivity index (χ2v) is 6.66. The van der Waals surface area contributed by atoms with Gasteiger partial charge in [-0.15, -0.1) is 0 Å². The number of H-pyrrole nitrogens is 1. The largest absolute Gasteiger partial charge is 0.416 e. The molecule has 0 radical (unpaired) electrons. The number of aromatic nitrogens is 2.